The molecule has 0 bridgehead atoms. The Morgan fingerprint density at radius 1 is 1.17 bits per heavy atom. The van der Waals surface area contributed by atoms with Gasteiger partial charge in [-0.1, -0.05) is 49.7 Å². The summed E-state index contributed by atoms with van der Waals surface area (Å²) in [5.41, 5.74) is 1.51. The second-order valence-electron chi connectivity index (χ2n) is 7.16. The molecule has 1 aliphatic rings. The lowest BCUT2D eigenvalue weighted by molar-refractivity contribution is -0.00166. The Labute approximate surface area is 171 Å². The average Bonchev–Trinajstić information content (AvgIpc) is 3.22. The summed E-state index contributed by atoms with van der Waals surface area (Å²) in [4.78, 5) is 13.0. The van der Waals surface area contributed by atoms with Gasteiger partial charge in [-0.25, -0.2) is 0 Å². The van der Waals surface area contributed by atoms with Crippen LogP contribution in [0.3, 0.4) is 0 Å². The van der Waals surface area contributed by atoms with Crippen LogP contribution in [0.2, 0.25) is 0 Å². The molecule has 3 rings (SSSR count). The first-order valence-electron chi connectivity index (χ1n) is 10.2. The third kappa shape index (κ3) is 6.29. The van der Waals surface area contributed by atoms with E-state index in [2.05, 4.69) is 12.2 Å². The first-order chi connectivity index (χ1) is 14.2. The van der Waals surface area contributed by atoms with E-state index in [9.17, 15) is 9.90 Å². The second kappa shape index (κ2) is 11.0. The third-order valence-corrected chi connectivity index (χ3v) is 4.79. The van der Waals surface area contributed by atoms with Crippen molar-refractivity contribution < 1.29 is 24.1 Å². The summed E-state index contributed by atoms with van der Waals surface area (Å²) in [5.74, 6) is 1.28. The molecule has 0 radical (unpaired) electrons. The molecule has 29 heavy (non-hydrogen) atoms. The van der Waals surface area contributed by atoms with Gasteiger partial charge in [0.2, 0.25) is 6.79 Å². The maximum atomic E-state index is 13.0. The van der Waals surface area contributed by atoms with Crippen molar-refractivity contribution in [1.82, 2.24) is 5.32 Å². The zero-order valence-corrected chi connectivity index (χ0v) is 16.8. The normalized spacial score (nSPS) is 14.6. The van der Waals surface area contributed by atoms with E-state index in [0.29, 0.717) is 30.0 Å². The van der Waals surface area contributed by atoms with Crippen molar-refractivity contribution in [2.24, 2.45) is 0 Å². The van der Waals surface area contributed by atoms with Crippen LogP contribution in [0.25, 0.3) is 0 Å². The monoisotopic (exact) mass is 399 g/mol. The minimum absolute atomic E-state index is 0.0902. The van der Waals surface area contributed by atoms with Gasteiger partial charge in [0, 0.05) is 18.5 Å². The smallest absolute Gasteiger partial charge is 0.231 e. The van der Waals surface area contributed by atoms with E-state index in [4.69, 9.17) is 14.2 Å². The number of ketones is 1. The van der Waals surface area contributed by atoms with Crippen molar-refractivity contribution in [3.8, 4) is 11.5 Å². The zero-order valence-electron chi connectivity index (χ0n) is 16.8. The Morgan fingerprint density at radius 3 is 2.76 bits per heavy atom. The van der Waals surface area contributed by atoms with Crippen molar-refractivity contribution in [2.45, 2.75) is 38.4 Å². The van der Waals surface area contributed by atoms with Crippen LogP contribution in [-0.2, 0) is 11.2 Å². The number of aliphatic hydroxyl groups excluding tert-OH is 1. The molecule has 0 aromatic heterocycles. The van der Waals surface area contributed by atoms with E-state index in [1.54, 1.807) is 12.1 Å². The average molecular weight is 399 g/mol. The Morgan fingerprint density at radius 2 is 1.97 bits per heavy atom. The molecule has 0 amide bonds. The third-order valence-electron chi connectivity index (χ3n) is 4.79. The van der Waals surface area contributed by atoms with Crippen molar-refractivity contribution in [3.63, 3.8) is 0 Å². The highest BCUT2D eigenvalue weighted by Crippen LogP contribution is 2.33. The number of hydrogen-bond donors (Lipinski definition) is 2. The second-order valence-corrected chi connectivity index (χ2v) is 7.16. The van der Waals surface area contributed by atoms with Crippen LogP contribution in [0.15, 0.2) is 48.5 Å². The molecule has 2 N–H and O–H groups in total. The van der Waals surface area contributed by atoms with Crippen molar-refractivity contribution in [3.05, 3.63) is 59.7 Å². The van der Waals surface area contributed by atoms with Gasteiger partial charge in [0.25, 0.3) is 0 Å². The van der Waals surface area contributed by atoms with E-state index in [0.717, 1.165) is 24.9 Å². The minimum Gasteiger partial charge on any atom is -0.454 e. The van der Waals surface area contributed by atoms with E-state index in [-0.39, 0.29) is 19.2 Å². The number of hydrogen-bond acceptors (Lipinski definition) is 6. The number of unbranched alkanes of at least 4 members (excludes halogenated alkanes) is 1. The van der Waals surface area contributed by atoms with Gasteiger partial charge >= 0.3 is 0 Å². The van der Waals surface area contributed by atoms with E-state index in [1.807, 2.05) is 36.4 Å². The molecule has 2 aromatic rings. The summed E-state index contributed by atoms with van der Waals surface area (Å²) >= 11 is 0. The fourth-order valence-electron chi connectivity index (χ4n) is 3.15. The lowest BCUT2D eigenvalue weighted by Gasteiger charge is -2.20. The molecule has 0 saturated carbocycles. The molecule has 2 atom stereocenters. The number of rotatable bonds is 12. The van der Waals surface area contributed by atoms with Gasteiger partial charge in [-0.15, -0.1) is 0 Å². The number of Topliss-reactive ketones (excluding diaryl/α,β-unsaturated/α-hetero) is 1. The maximum absolute atomic E-state index is 13.0. The summed E-state index contributed by atoms with van der Waals surface area (Å²) in [5, 5.41) is 13.4. The van der Waals surface area contributed by atoms with Gasteiger partial charge in [0.05, 0.1) is 12.7 Å². The number of aliphatic hydroxyl groups is 1. The van der Waals surface area contributed by atoms with Crippen LogP contribution in [0.4, 0.5) is 0 Å². The Bertz CT molecular complexity index is 780. The van der Waals surface area contributed by atoms with Gasteiger partial charge in [0.15, 0.2) is 17.3 Å². The molecular weight excluding hydrogens is 370 g/mol. The number of ether oxygens (including phenoxy) is 3. The minimum atomic E-state index is -0.692. The summed E-state index contributed by atoms with van der Waals surface area (Å²) in [6.07, 6.45) is 1.19. The molecule has 156 valence electrons. The summed E-state index contributed by atoms with van der Waals surface area (Å²) < 4.78 is 16.7. The fourth-order valence-corrected chi connectivity index (χ4v) is 3.15. The molecule has 6 nitrogen and oxygen atoms in total. The van der Waals surface area contributed by atoms with Gasteiger partial charge < -0.3 is 24.6 Å². The van der Waals surface area contributed by atoms with Crippen LogP contribution in [-0.4, -0.2) is 49.6 Å². The highest BCUT2D eigenvalue weighted by molar-refractivity contribution is 5.99. The number of fused-ring (bicyclic) bond motifs is 1. The van der Waals surface area contributed by atoms with Gasteiger partial charge in [-0.3, -0.25) is 4.79 Å². The molecule has 6 heteroatoms. The number of carbonyl (C=O) groups is 1. The van der Waals surface area contributed by atoms with Crippen molar-refractivity contribution in [2.75, 3.05) is 26.5 Å². The summed E-state index contributed by atoms with van der Waals surface area (Å²) in [6.45, 7) is 3.72. The van der Waals surface area contributed by atoms with Crippen LogP contribution in [0, 0.1) is 0 Å². The molecule has 0 aliphatic carbocycles. The van der Waals surface area contributed by atoms with Crippen LogP contribution in [0.5, 0.6) is 11.5 Å². The number of nitrogens with one attached hydrogen (secondary N) is 1. The molecule has 1 aliphatic heterocycles. The number of carbonyl (C=O) groups excluding carboxylic acids is 1. The van der Waals surface area contributed by atoms with Gasteiger partial charge in [-0.05, 0) is 30.7 Å². The molecule has 0 spiro atoms. The lowest BCUT2D eigenvalue weighted by Crippen LogP contribution is -2.35. The number of benzene rings is 2. The molecule has 1 heterocycles. The Kier molecular flexibility index (Phi) is 8.04. The molecule has 0 saturated heterocycles. The largest absolute Gasteiger partial charge is 0.454 e. The van der Waals surface area contributed by atoms with Crippen LogP contribution >= 0.6 is 0 Å². The Hall–Kier alpha value is -2.41. The zero-order chi connectivity index (χ0) is 20.5. The summed E-state index contributed by atoms with van der Waals surface area (Å²) in [7, 11) is 0. The van der Waals surface area contributed by atoms with Crippen molar-refractivity contribution >= 4 is 5.78 Å². The quantitative estimate of drug-likeness (QED) is 0.422. The highest BCUT2D eigenvalue weighted by atomic mass is 16.7. The Balaban J connectivity index is 1.64. The van der Waals surface area contributed by atoms with E-state index >= 15 is 0 Å². The first kappa shape index (κ1) is 21.3. The molecule has 0 fully saturated rings. The summed E-state index contributed by atoms with van der Waals surface area (Å²) in [6, 6.07) is 14.7. The molecule has 2 aromatic carbocycles. The van der Waals surface area contributed by atoms with Gasteiger partial charge in [-0.2, -0.15) is 0 Å². The predicted octanol–water partition coefficient (Wildman–Crippen LogP) is 2.98. The van der Waals surface area contributed by atoms with E-state index in [1.165, 1.54) is 0 Å². The highest BCUT2D eigenvalue weighted by Gasteiger charge is 2.24. The topological polar surface area (TPSA) is 77.0 Å². The van der Waals surface area contributed by atoms with Crippen LogP contribution < -0.4 is 14.8 Å². The lowest BCUT2D eigenvalue weighted by atomic mass is 9.99. The predicted molar refractivity (Wildman–Crippen MR) is 111 cm³/mol. The molecule has 2 unspecified atom stereocenters. The van der Waals surface area contributed by atoms with Gasteiger partial charge in [0.1, 0.15) is 6.10 Å². The standard InChI is InChI=1S/C23H29NO5/c1-2-3-11-24-14-19(25)15-27-22(23(26)18-7-5-4-6-8-18)13-17-9-10-20-21(12-17)29-16-28-20/h4-10,12,19,22,24-25H,2-3,11,13-16H2,1H3. The fraction of sp³-hybridized carbons (Fsp3) is 0.435. The SMILES string of the molecule is CCCCNCC(O)COC(Cc1ccc2c(c1)OCO2)C(=O)c1ccccc1. The van der Waals surface area contributed by atoms with E-state index < -0.39 is 12.2 Å². The maximum Gasteiger partial charge on any atom is 0.231 e. The molecular formula is C23H29NO5. The first-order valence-corrected chi connectivity index (χ1v) is 10.2. The van der Waals surface area contributed by atoms with Crippen LogP contribution in [0.1, 0.15) is 35.7 Å². The van der Waals surface area contributed by atoms with Crippen molar-refractivity contribution in [1.29, 1.82) is 0 Å².